The van der Waals surface area contributed by atoms with Crippen LogP contribution >= 0.6 is 0 Å². The molecule has 0 saturated heterocycles. The summed E-state index contributed by atoms with van der Waals surface area (Å²) in [4.78, 5) is 0. The van der Waals surface area contributed by atoms with Crippen LogP contribution in [0.4, 0.5) is 4.39 Å². The molecule has 0 radical (unpaired) electrons. The predicted octanol–water partition coefficient (Wildman–Crippen LogP) is 3.50. The number of rotatable bonds is 2. The van der Waals surface area contributed by atoms with Crippen molar-refractivity contribution in [3.8, 4) is 16.9 Å². The molecule has 0 saturated carbocycles. The fourth-order valence-corrected chi connectivity index (χ4v) is 1.51. The third-order valence-electron chi connectivity index (χ3n) is 2.27. The van der Waals surface area contributed by atoms with Gasteiger partial charge in [0, 0.05) is 5.56 Å². The Bertz CT molecular complexity index is 451. The first kappa shape index (κ1) is 9.71. The topological polar surface area (TPSA) is 9.23 Å². The molecule has 0 aliphatic rings. The molecule has 1 nitrogen and oxygen atoms in total. The van der Waals surface area contributed by atoms with Crippen LogP contribution in [0.15, 0.2) is 48.5 Å². The Balaban J connectivity index is 2.54. The first-order valence-corrected chi connectivity index (χ1v) is 4.71. The molecule has 2 rings (SSSR count). The molecule has 0 aliphatic carbocycles. The van der Waals surface area contributed by atoms with Crippen molar-refractivity contribution in [3.63, 3.8) is 0 Å². The molecule has 15 heavy (non-hydrogen) atoms. The smallest absolute Gasteiger partial charge is 0.172 e. The third kappa shape index (κ3) is 1.84. The molecule has 0 amide bonds. The van der Waals surface area contributed by atoms with Gasteiger partial charge in [-0.25, -0.2) is 4.39 Å². The minimum Gasteiger partial charge on any atom is -0.494 e. The van der Waals surface area contributed by atoms with E-state index in [1.807, 2.05) is 30.3 Å². The molecule has 0 heterocycles. The van der Waals surface area contributed by atoms with Crippen molar-refractivity contribution in [1.29, 1.82) is 0 Å². The quantitative estimate of drug-likeness (QED) is 0.724. The zero-order chi connectivity index (χ0) is 10.7. The zero-order valence-corrected chi connectivity index (χ0v) is 8.41. The number of halogens is 1. The molecule has 2 heteroatoms. The summed E-state index contributed by atoms with van der Waals surface area (Å²) in [7, 11) is 1.47. The van der Waals surface area contributed by atoms with Crippen LogP contribution in [0.1, 0.15) is 0 Å². The maximum Gasteiger partial charge on any atom is 0.172 e. The van der Waals surface area contributed by atoms with Crippen molar-refractivity contribution in [2.75, 3.05) is 7.11 Å². The Morgan fingerprint density at radius 1 is 0.933 bits per heavy atom. The molecular weight excluding hydrogens is 191 g/mol. The van der Waals surface area contributed by atoms with Gasteiger partial charge in [0.2, 0.25) is 0 Å². The Morgan fingerprint density at radius 3 is 2.33 bits per heavy atom. The van der Waals surface area contributed by atoms with E-state index in [1.54, 1.807) is 18.2 Å². The highest BCUT2D eigenvalue weighted by atomic mass is 19.1. The van der Waals surface area contributed by atoms with Crippen LogP contribution in [-0.2, 0) is 0 Å². The fraction of sp³-hybridized carbons (Fsp3) is 0.0769. The largest absolute Gasteiger partial charge is 0.494 e. The SMILES string of the molecule is COc1cccc(-c2ccccc2)c1F. The maximum atomic E-state index is 13.8. The van der Waals surface area contributed by atoms with E-state index in [-0.39, 0.29) is 11.6 Å². The highest BCUT2D eigenvalue weighted by molar-refractivity contribution is 5.65. The summed E-state index contributed by atoms with van der Waals surface area (Å²) in [5.74, 6) is -0.0393. The first-order chi connectivity index (χ1) is 7.33. The highest BCUT2D eigenvalue weighted by Crippen LogP contribution is 2.28. The number of ether oxygens (including phenoxy) is 1. The van der Waals surface area contributed by atoms with Gasteiger partial charge in [-0.15, -0.1) is 0 Å². The molecule has 0 spiro atoms. The number of methoxy groups -OCH3 is 1. The number of hydrogen-bond donors (Lipinski definition) is 0. The van der Waals surface area contributed by atoms with E-state index in [0.717, 1.165) is 5.56 Å². The van der Waals surface area contributed by atoms with Crippen LogP contribution < -0.4 is 4.74 Å². The second-order valence-corrected chi connectivity index (χ2v) is 3.19. The van der Waals surface area contributed by atoms with Gasteiger partial charge in [-0.05, 0) is 11.6 Å². The van der Waals surface area contributed by atoms with Gasteiger partial charge in [-0.3, -0.25) is 0 Å². The normalized spacial score (nSPS) is 10.0. The van der Waals surface area contributed by atoms with E-state index in [0.29, 0.717) is 5.56 Å². The summed E-state index contributed by atoms with van der Waals surface area (Å²) in [5.41, 5.74) is 1.42. The molecule has 0 bridgehead atoms. The minimum absolute atomic E-state index is 0.274. The van der Waals surface area contributed by atoms with E-state index in [2.05, 4.69) is 0 Å². The Kier molecular flexibility index (Phi) is 2.68. The second kappa shape index (κ2) is 4.13. The summed E-state index contributed by atoms with van der Waals surface area (Å²) in [5, 5.41) is 0. The van der Waals surface area contributed by atoms with Crippen molar-refractivity contribution in [2.45, 2.75) is 0 Å². The van der Waals surface area contributed by atoms with Crippen molar-refractivity contribution in [2.24, 2.45) is 0 Å². The van der Waals surface area contributed by atoms with Crippen molar-refractivity contribution in [3.05, 3.63) is 54.3 Å². The summed E-state index contributed by atoms with van der Waals surface area (Å²) >= 11 is 0. The van der Waals surface area contributed by atoms with Gasteiger partial charge in [0.15, 0.2) is 11.6 Å². The lowest BCUT2D eigenvalue weighted by Gasteiger charge is -2.06. The average Bonchev–Trinajstić information content (AvgIpc) is 2.30. The Morgan fingerprint density at radius 2 is 1.67 bits per heavy atom. The predicted molar refractivity (Wildman–Crippen MR) is 58.4 cm³/mol. The molecule has 2 aromatic rings. The van der Waals surface area contributed by atoms with Gasteiger partial charge in [-0.1, -0.05) is 42.5 Å². The van der Waals surface area contributed by atoms with E-state index in [4.69, 9.17) is 4.74 Å². The van der Waals surface area contributed by atoms with Gasteiger partial charge >= 0.3 is 0 Å². The standard InChI is InChI=1S/C13H11FO/c1-15-12-9-5-8-11(13(12)14)10-6-3-2-4-7-10/h2-9H,1H3. The van der Waals surface area contributed by atoms with Gasteiger partial charge in [0.05, 0.1) is 7.11 Å². The average molecular weight is 202 g/mol. The number of benzene rings is 2. The van der Waals surface area contributed by atoms with Gasteiger partial charge in [0.25, 0.3) is 0 Å². The molecule has 0 aromatic heterocycles. The highest BCUT2D eigenvalue weighted by Gasteiger charge is 2.08. The first-order valence-electron chi connectivity index (χ1n) is 4.71. The lowest BCUT2D eigenvalue weighted by Crippen LogP contribution is -1.90. The van der Waals surface area contributed by atoms with Crippen LogP contribution in [0.2, 0.25) is 0 Å². The monoisotopic (exact) mass is 202 g/mol. The van der Waals surface area contributed by atoms with E-state index >= 15 is 0 Å². The van der Waals surface area contributed by atoms with Crippen LogP contribution in [-0.4, -0.2) is 7.11 Å². The third-order valence-corrected chi connectivity index (χ3v) is 2.27. The summed E-state index contributed by atoms with van der Waals surface area (Å²) in [6.07, 6.45) is 0. The lowest BCUT2D eigenvalue weighted by molar-refractivity contribution is 0.387. The molecule has 0 atom stereocenters. The Labute approximate surface area is 88.1 Å². The molecule has 0 N–H and O–H groups in total. The van der Waals surface area contributed by atoms with Gasteiger partial charge < -0.3 is 4.74 Å². The molecule has 0 unspecified atom stereocenters. The molecule has 76 valence electrons. The van der Waals surface area contributed by atoms with Crippen LogP contribution in [0, 0.1) is 5.82 Å². The Hall–Kier alpha value is -1.83. The van der Waals surface area contributed by atoms with Crippen LogP contribution in [0.3, 0.4) is 0 Å². The molecule has 0 aliphatic heterocycles. The summed E-state index contributed by atoms with van der Waals surface area (Å²) in [6.45, 7) is 0. The summed E-state index contributed by atoms with van der Waals surface area (Å²) in [6, 6.07) is 14.6. The molecule has 2 aromatic carbocycles. The molecule has 0 fully saturated rings. The minimum atomic E-state index is -0.314. The zero-order valence-electron chi connectivity index (χ0n) is 8.41. The van der Waals surface area contributed by atoms with Crippen molar-refractivity contribution in [1.82, 2.24) is 0 Å². The lowest BCUT2D eigenvalue weighted by atomic mass is 10.1. The second-order valence-electron chi connectivity index (χ2n) is 3.19. The maximum absolute atomic E-state index is 13.8. The van der Waals surface area contributed by atoms with E-state index in [9.17, 15) is 4.39 Å². The van der Waals surface area contributed by atoms with Crippen molar-refractivity contribution < 1.29 is 9.13 Å². The number of hydrogen-bond acceptors (Lipinski definition) is 1. The van der Waals surface area contributed by atoms with Gasteiger partial charge in [-0.2, -0.15) is 0 Å². The fourth-order valence-electron chi connectivity index (χ4n) is 1.51. The van der Waals surface area contributed by atoms with Crippen LogP contribution in [0.5, 0.6) is 5.75 Å². The van der Waals surface area contributed by atoms with E-state index < -0.39 is 0 Å². The van der Waals surface area contributed by atoms with E-state index in [1.165, 1.54) is 7.11 Å². The van der Waals surface area contributed by atoms with Crippen molar-refractivity contribution >= 4 is 0 Å². The molecular formula is C13H11FO. The summed E-state index contributed by atoms with van der Waals surface area (Å²) < 4.78 is 18.8. The van der Waals surface area contributed by atoms with Crippen LogP contribution in [0.25, 0.3) is 11.1 Å². The van der Waals surface area contributed by atoms with Gasteiger partial charge in [0.1, 0.15) is 0 Å².